The van der Waals surface area contributed by atoms with Crippen LogP contribution in [0.2, 0.25) is 0 Å². The lowest BCUT2D eigenvalue weighted by Crippen LogP contribution is -2.30. The van der Waals surface area contributed by atoms with Crippen molar-refractivity contribution in [1.82, 2.24) is 20.4 Å². The van der Waals surface area contributed by atoms with Gasteiger partial charge in [-0.1, -0.05) is 13.8 Å². The Labute approximate surface area is 124 Å². The van der Waals surface area contributed by atoms with E-state index < -0.39 is 0 Å². The average molecular weight is 289 g/mol. The highest BCUT2D eigenvalue weighted by atomic mass is 16.1. The average Bonchev–Trinajstić information content (AvgIpc) is 2.90. The Morgan fingerprint density at radius 3 is 2.86 bits per heavy atom. The molecule has 0 fully saturated rings. The molecule has 0 aliphatic rings. The molecule has 6 nitrogen and oxygen atoms in total. The van der Waals surface area contributed by atoms with E-state index in [0.29, 0.717) is 17.9 Å². The van der Waals surface area contributed by atoms with Crippen LogP contribution < -0.4 is 11.1 Å². The maximum atomic E-state index is 12.2. The fourth-order valence-corrected chi connectivity index (χ4v) is 2.33. The van der Waals surface area contributed by atoms with Crippen molar-refractivity contribution in [1.29, 1.82) is 0 Å². The number of amides is 1. The van der Waals surface area contributed by atoms with Gasteiger partial charge in [0, 0.05) is 17.6 Å². The number of carbonyl (C=O) groups is 1. The van der Waals surface area contributed by atoms with Gasteiger partial charge in [0.15, 0.2) is 5.69 Å². The molecule has 0 saturated carbocycles. The molecule has 2 rings (SSSR count). The van der Waals surface area contributed by atoms with Gasteiger partial charge in [-0.25, -0.2) is 0 Å². The summed E-state index contributed by atoms with van der Waals surface area (Å²) in [6.07, 6.45) is 0.928. The van der Waals surface area contributed by atoms with Crippen molar-refractivity contribution >= 4 is 22.5 Å². The molecule has 0 aliphatic heterocycles. The quantitative estimate of drug-likeness (QED) is 0.534. The van der Waals surface area contributed by atoms with Crippen molar-refractivity contribution in [2.45, 2.75) is 20.3 Å². The number of carbonyl (C=O) groups excluding carboxylic acids is 1. The van der Waals surface area contributed by atoms with Crippen molar-refractivity contribution in [3.63, 3.8) is 0 Å². The van der Waals surface area contributed by atoms with Crippen molar-refractivity contribution in [3.8, 4) is 0 Å². The van der Waals surface area contributed by atoms with Gasteiger partial charge in [0.1, 0.15) is 0 Å². The van der Waals surface area contributed by atoms with Gasteiger partial charge in [0.25, 0.3) is 5.91 Å². The molecule has 0 bridgehead atoms. The normalized spacial score (nSPS) is 11.2. The molecule has 0 spiro atoms. The summed E-state index contributed by atoms with van der Waals surface area (Å²) in [7, 11) is 0. The molecule has 1 amide bonds. The first-order chi connectivity index (χ1) is 10.2. The Kier molecular flexibility index (Phi) is 5.16. The SMILES string of the molecule is CCN(CC)CCCNC(=O)c1n[nH]c2ccc(N)cc12. The smallest absolute Gasteiger partial charge is 0.272 e. The fourth-order valence-electron chi connectivity index (χ4n) is 2.33. The largest absolute Gasteiger partial charge is 0.399 e. The second kappa shape index (κ2) is 7.08. The summed E-state index contributed by atoms with van der Waals surface area (Å²) in [5.41, 5.74) is 7.60. The highest BCUT2D eigenvalue weighted by Gasteiger charge is 2.13. The summed E-state index contributed by atoms with van der Waals surface area (Å²) in [5.74, 6) is -0.161. The van der Waals surface area contributed by atoms with Crippen LogP contribution in [-0.2, 0) is 0 Å². The summed E-state index contributed by atoms with van der Waals surface area (Å²) < 4.78 is 0. The molecule has 0 atom stereocenters. The first kappa shape index (κ1) is 15.3. The number of rotatable bonds is 7. The van der Waals surface area contributed by atoms with Gasteiger partial charge in [-0.2, -0.15) is 5.10 Å². The molecular weight excluding hydrogens is 266 g/mol. The van der Waals surface area contributed by atoms with E-state index in [-0.39, 0.29) is 5.91 Å². The number of aromatic amines is 1. The number of anilines is 1. The number of nitrogens with one attached hydrogen (secondary N) is 2. The van der Waals surface area contributed by atoms with Crippen LogP contribution in [0.3, 0.4) is 0 Å². The first-order valence-electron chi connectivity index (χ1n) is 7.39. The monoisotopic (exact) mass is 289 g/mol. The predicted molar refractivity (Wildman–Crippen MR) is 85.2 cm³/mol. The molecule has 1 aromatic heterocycles. The number of fused-ring (bicyclic) bond motifs is 1. The number of nitrogen functional groups attached to an aromatic ring is 1. The highest BCUT2D eigenvalue weighted by Crippen LogP contribution is 2.18. The molecule has 6 heteroatoms. The van der Waals surface area contributed by atoms with Crippen LogP contribution in [0.1, 0.15) is 30.8 Å². The number of hydrogen-bond donors (Lipinski definition) is 3. The van der Waals surface area contributed by atoms with Crippen molar-refractivity contribution in [2.75, 3.05) is 31.9 Å². The zero-order valence-electron chi connectivity index (χ0n) is 12.6. The molecule has 1 heterocycles. The Balaban J connectivity index is 1.92. The van der Waals surface area contributed by atoms with Gasteiger partial charge in [-0.15, -0.1) is 0 Å². The summed E-state index contributed by atoms with van der Waals surface area (Å²) in [6, 6.07) is 5.38. The van der Waals surface area contributed by atoms with Crippen molar-refractivity contribution in [3.05, 3.63) is 23.9 Å². The minimum Gasteiger partial charge on any atom is -0.399 e. The third kappa shape index (κ3) is 3.72. The number of aromatic nitrogens is 2. The molecule has 4 N–H and O–H groups in total. The van der Waals surface area contributed by atoms with Gasteiger partial charge in [-0.05, 0) is 44.3 Å². The predicted octanol–water partition coefficient (Wildman–Crippen LogP) is 1.61. The van der Waals surface area contributed by atoms with Crippen LogP contribution in [0, 0.1) is 0 Å². The lowest BCUT2D eigenvalue weighted by atomic mass is 10.2. The minimum absolute atomic E-state index is 0.161. The number of nitrogens with two attached hydrogens (primary N) is 1. The Hall–Kier alpha value is -2.08. The highest BCUT2D eigenvalue weighted by molar-refractivity contribution is 6.05. The van der Waals surface area contributed by atoms with E-state index in [9.17, 15) is 4.79 Å². The third-order valence-corrected chi connectivity index (χ3v) is 3.63. The van der Waals surface area contributed by atoms with Crippen LogP contribution in [0.4, 0.5) is 5.69 Å². The Bertz CT molecular complexity index is 603. The lowest BCUT2D eigenvalue weighted by Gasteiger charge is -2.17. The second-order valence-corrected chi connectivity index (χ2v) is 5.01. The molecule has 1 aromatic carbocycles. The Morgan fingerprint density at radius 2 is 2.14 bits per heavy atom. The van der Waals surface area contributed by atoms with E-state index in [4.69, 9.17) is 5.73 Å². The van der Waals surface area contributed by atoms with Gasteiger partial charge >= 0.3 is 0 Å². The second-order valence-electron chi connectivity index (χ2n) is 5.01. The third-order valence-electron chi connectivity index (χ3n) is 3.63. The molecule has 0 saturated heterocycles. The van der Waals surface area contributed by atoms with Crippen LogP contribution in [0.5, 0.6) is 0 Å². The van der Waals surface area contributed by atoms with Gasteiger partial charge < -0.3 is 16.0 Å². The number of nitrogens with zero attached hydrogens (tertiary/aromatic N) is 2. The van der Waals surface area contributed by atoms with Gasteiger partial charge in [0.2, 0.25) is 0 Å². The van der Waals surface area contributed by atoms with Gasteiger partial charge in [0.05, 0.1) is 5.52 Å². The van der Waals surface area contributed by atoms with E-state index in [1.165, 1.54) is 0 Å². The zero-order valence-corrected chi connectivity index (χ0v) is 12.6. The molecule has 114 valence electrons. The van der Waals surface area contributed by atoms with E-state index in [1.54, 1.807) is 12.1 Å². The molecule has 0 radical (unpaired) electrons. The first-order valence-corrected chi connectivity index (χ1v) is 7.39. The van der Waals surface area contributed by atoms with Crippen molar-refractivity contribution < 1.29 is 4.79 Å². The summed E-state index contributed by atoms with van der Waals surface area (Å²) in [4.78, 5) is 14.5. The van der Waals surface area contributed by atoms with Crippen LogP contribution in [0.15, 0.2) is 18.2 Å². The number of hydrogen-bond acceptors (Lipinski definition) is 4. The standard InChI is InChI=1S/C15H23N5O/c1-3-20(4-2)9-5-8-17-15(21)14-12-10-11(16)6-7-13(12)18-19-14/h6-7,10H,3-5,8-9,16H2,1-2H3,(H,17,21)(H,18,19). The molecule has 21 heavy (non-hydrogen) atoms. The van der Waals surface area contributed by atoms with E-state index in [1.807, 2.05) is 6.07 Å². The molecule has 2 aromatic rings. The van der Waals surface area contributed by atoms with E-state index in [0.717, 1.165) is 37.0 Å². The molecule has 0 unspecified atom stereocenters. The summed E-state index contributed by atoms with van der Waals surface area (Å²) in [6.45, 7) is 7.99. The van der Waals surface area contributed by atoms with Crippen LogP contribution in [-0.4, -0.2) is 47.2 Å². The van der Waals surface area contributed by atoms with Crippen molar-refractivity contribution in [2.24, 2.45) is 0 Å². The van der Waals surface area contributed by atoms with E-state index in [2.05, 4.69) is 34.3 Å². The lowest BCUT2D eigenvalue weighted by molar-refractivity contribution is 0.0948. The van der Waals surface area contributed by atoms with Crippen LogP contribution in [0.25, 0.3) is 10.9 Å². The Morgan fingerprint density at radius 1 is 1.38 bits per heavy atom. The number of H-pyrrole nitrogens is 1. The number of benzene rings is 1. The van der Waals surface area contributed by atoms with Crippen LogP contribution >= 0.6 is 0 Å². The summed E-state index contributed by atoms with van der Waals surface area (Å²) in [5, 5.41) is 10.6. The summed E-state index contributed by atoms with van der Waals surface area (Å²) >= 11 is 0. The fraction of sp³-hybridized carbons (Fsp3) is 0.467. The zero-order chi connectivity index (χ0) is 15.2. The maximum Gasteiger partial charge on any atom is 0.272 e. The van der Waals surface area contributed by atoms with Gasteiger partial charge in [-0.3, -0.25) is 9.89 Å². The topological polar surface area (TPSA) is 87.0 Å². The minimum atomic E-state index is -0.161. The van der Waals surface area contributed by atoms with E-state index >= 15 is 0 Å². The molecule has 0 aliphatic carbocycles. The maximum absolute atomic E-state index is 12.2. The molecular formula is C15H23N5O.